The standard InChI is InChI=1S/C15H13ClN2S/c1-2-10-6-3-4-8-12(10)18-13-9-5-7-11(16)14(13)17-15(18)19/h3-9H,2H2,1H3,(H,17,19). The fraction of sp³-hybridized carbons (Fsp3) is 0.133. The molecular formula is C15H13ClN2S. The van der Waals surface area contributed by atoms with Crippen LogP contribution in [-0.4, -0.2) is 9.55 Å². The van der Waals surface area contributed by atoms with E-state index in [1.807, 2.05) is 30.3 Å². The van der Waals surface area contributed by atoms with Crippen LogP contribution in [0.3, 0.4) is 0 Å². The lowest BCUT2D eigenvalue weighted by Crippen LogP contribution is -1.98. The normalized spacial score (nSPS) is 11.1. The molecule has 2 nitrogen and oxygen atoms in total. The molecule has 4 heteroatoms. The van der Waals surface area contributed by atoms with Crippen molar-refractivity contribution in [3.63, 3.8) is 0 Å². The largest absolute Gasteiger partial charge is 0.329 e. The maximum atomic E-state index is 6.21. The van der Waals surface area contributed by atoms with Gasteiger partial charge < -0.3 is 4.98 Å². The van der Waals surface area contributed by atoms with Gasteiger partial charge in [-0.1, -0.05) is 42.8 Å². The van der Waals surface area contributed by atoms with Gasteiger partial charge in [-0.25, -0.2) is 0 Å². The van der Waals surface area contributed by atoms with Gasteiger partial charge in [0.05, 0.1) is 21.7 Å². The SMILES string of the molecule is CCc1ccccc1-n1c(=S)[nH]c2c(Cl)cccc21. The predicted molar refractivity (Wildman–Crippen MR) is 82.8 cm³/mol. The number of aromatic amines is 1. The summed E-state index contributed by atoms with van der Waals surface area (Å²) < 4.78 is 2.72. The number of hydrogen-bond donors (Lipinski definition) is 1. The van der Waals surface area contributed by atoms with Crippen LogP contribution in [0.25, 0.3) is 16.7 Å². The number of aromatic nitrogens is 2. The first kappa shape index (κ1) is 12.5. The zero-order valence-corrected chi connectivity index (χ0v) is 12.1. The molecule has 0 aliphatic rings. The molecular weight excluding hydrogens is 276 g/mol. The van der Waals surface area contributed by atoms with Crippen LogP contribution < -0.4 is 0 Å². The molecule has 0 bridgehead atoms. The van der Waals surface area contributed by atoms with Gasteiger partial charge in [-0.2, -0.15) is 0 Å². The van der Waals surface area contributed by atoms with Gasteiger partial charge in [0.15, 0.2) is 4.77 Å². The summed E-state index contributed by atoms with van der Waals surface area (Å²) in [5.74, 6) is 0. The molecule has 2 aromatic carbocycles. The van der Waals surface area contributed by atoms with Crippen molar-refractivity contribution in [2.24, 2.45) is 0 Å². The van der Waals surface area contributed by atoms with Crippen LogP contribution in [0, 0.1) is 4.77 Å². The molecule has 1 N–H and O–H groups in total. The Morgan fingerprint density at radius 2 is 1.95 bits per heavy atom. The zero-order valence-electron chi connectivity index (χ0n) is 10.5. The van der Waals surface area contributed by atoms with E-state index in [0.717, 1.165) is 23.1 Å². The summed E-state index contributed by atoms with van der Waals surface area (Å²) in [5.41, 5.74) is 4.28. The highest BCUT2D eigenvalue weighted by Gasteiger charge is 2.10. The molecule has 0 spiro atoms. The molecule has 0 radical (unpaired) electrons. The third-order valence-corrected chi connectivity index (χ3v) is 3.88. The van der Waals surface area contributed by atoms with Gasteiger partial charge in [0.1, 0.15) is 0 Å². The van der Waals surface area contributed by atoms with Crippen molar-refractivity contribution in [3.05, 3.63) is 57.8 Å². The second-order valence-corrected chi connectivity index (χ2v) is 5.18. The third-order valence-electron chi connectivity index (χ3n) is 3.28. The number of nitrogens with one attached hydrogen (secondary N) is 1. The second-order valence-electron chi connectivity index (χ2n) is 4.38. The molecule has 19 heavy (non-hydrogen) atoms. The smallest absolute Gasteiger partial charge is 0.182 e. The lowest BCUT2D eigenvalue weighted by molar-refractivity contribution is 1.01. The topological polar surface area (TPSA) is 20.7 Å². The van der Waals surface area contributed by atoms with E-state index in [1.165, 1.54) is 5.56 Å². The Morgan fingerprint density at radius 1 is 1.16 bits per heavy atom. The molecule has 0 saturated carbocycles. The van der Waals surface area contributed by atoms with E-state index in [0.29, 0.717) is 9.79 Å². The minimum absolute atomic E-state index is 0.670. The quantitative estimate of drug-likeness (QED) is 0.665. The van der Waals surface area contributed by atoms with E-state index in [9.17, 15) is 0 Å². The summed E-state index contributed by atoms with van der Waals surface area (Å²) in [4.78, 5) is 3.19. The van der Waals surface area contributed by atoms with E-state index in [4.69, 9.17) is 23.8 Å². The van der Waals surface area contributed by atoms with Gasteiger partial charge in [0, 0.05) is 0 Å². The number of rotatable bonds is 2. The molecule has 0 unspecified atom stereocenters. The summed E-state index contributed by atoms with van der Waals surface area (Å²) in [6.07, 6.45) is 0.963. The maximum absolute atomic E-state index is 6.21. The van der Waals surface area contributed by atoms with E-state index in [-0.39, 0.29) is 0 Å². The Labute approximate surface area is 121 Å². The minimum atomic E-state index is 0.670. The number of halogens is 1. The van der Waals surface area contributed by atoms with Crippen molar-refractivity contribution in [2.75, 3.05) is 0 Å². The zero-order chi connectivity index (χ0) is 13.4. The van der Waals surface area contributed by atoms with Crippen molar-refractivity contribution in [1.82, 2.24) is 9.55 Å². The van der Waals surface area contributed by atoms with Gasteiger partial charge in [0.2, 0.25) is 0 Å². The van der Waals surface area contributed by atoms with Crippen LogP contribution in [0.1, 0.15) is 12.5 Å². The number of hydrogen-bond acceptors (Lipinski definition) is 1. The van der Waals surface area contributed by atoms with E-state index in [1.54, 1.807) is 0 Å². The Bertz CT molecular complexity index is 801. The molecule has 96 valence electrons. The van der Waals surface area contributed by atoms with Crippen molar-refractivity contribution in [2.45, 2.75) is 13.3 Å². The van der Waals surface area contributed by atoms with Crippen LogP contribution in [0.2, 0.25) is 5.02 Å². The fourth-order valence-electron chi connectivity index (χ4n) is 2.36. The number of nitrogens with zero attached hydrogens (tertiary/aromatic N) is 1. The van der Waals surface area contributed by atoms with E-state index < -0.39 is 0 Å². The Balaban J connectivity index is 2.40. The van der Waals surface area contributed by atoms with Crippen LogP contribution in [0.5, 0.6) is 0 Å². The molecule has 3 aromatic rings. The van der Waals surface area contributed by atoms with Gasteiger partial charge in [0.25, 0.3) is 0 Å². The van der Waals surface area contributed by atoms with Crippen LogP contribution in [-0.2, 0) is 6.42 Å². The first-order chi connectivity index (χ1) is 9.22. The van der Waals surface area contributed by atoms with Gasteiger partial charge in [-0.3, -0.25) is 4.57 Å². The highest BCUT2D eigenvalue weighted by atomic mass is 35.5. The number of fused-ring (bicyclic) bond motifs is 1. The molecule has 0 atom stereocenters. The Morgan fingerprint density at radius 3 is 2.74 bits per heavy atom. The molecule has 0 aliphatic heterocycles. The second kappa shape index (κ2) is 4.83. The monoisotopic (exact) mass is 288 g/mol. The summed E-state index contributed by atoms with van der Waals surface area (Å²) in [6.45, 7) is 2.14. The van der Waals surface area contributed by atoms with Crippen molar-refractivity contribution < 1.29 is 0 Å². The fourth-order valence-corrected chi connectivity index (χ4v) is 2.88. The van der Waals surface area contributed by atoms with E-state index in [2.05, 4.69) is 28.6 Å². The van der Waals surface area contributed by atoms with Crippen molar-refractivity contribution in [1.29, 1.82) is 0 Å². The van der Waals surface area contributed by atoms with Gasteiger partial charge >= 0.3 is 0 Å². The molecule has 0 aliphatic carbocycles. The highest BCUT2D eigenvalue weighted by molar-refractivity contribution is 7.71. The average Bonchev–Trinajstić information content (AvgIpc) is 2.76. The lowest BCUT2D eigenvalue weighted by Gasteiger charge is -2.09. The summed E-state index contributed by atoms with van der Waals surface area (Å²) in [5, 5.41) is 0.691. The summed E-state index contributed by atoms with van der Waals surface area (Å²) in [6, 6.07) is 14.1. The molecule has 0 fully saturated rings. The van der Waals surface area contributed by atoms with Crippen molar-refractivity contribution in [3.8, 4) is 5.69 Å². The number of benzene rings is 2. The lowest BCUT2D eigenvalue weighted by atomic mass is 10.1. The maximum Gasteiger partial charge on any atom is 0.182 e. The Kier molecular flexibility index (Phi) is 3.17. The van der Waals surface area contributed by atoms with Crippen LogP contribution >= 0.6 is 23.8 Å². The van der Waals surface area contributed by atoms with Crippen molar-refractivity contribution >= 4 is 34.9 Å². The van der Waals surface area contributed by atoms with Gasteiger partial charge in [-0.05, 0) is 42.4 Å². The minimum Gasteiger partial charge on any atom is -0.329 e. The first-order valence-electron chi connectivity index (χ1n) is 6.20. The van der Waals surface area contributed by atoms with Gasteiger partial charge in [-0.15, -0.1) is 0 Å². The number of imidazole rings is 1. The summed E-state index contributed by atoms with van der Waals surface area (Å²) >= 11 is 11.7. The molecule has 3 rings (SSSR count). The number of para-hydroxylation sites is 2. The number of H-pyrrole nitrogens is 1. The van der Waals surface area contributed by atoms with Crippen LogP contribution in [0.4, 0.5) is 0 Å². The highest BCUT2D eigenvalue weighted by Crippen LogP contribution is 2.26. The average molecular weight is 289 g/mol. The third kappa shape index (κ3) is 1.99. The summed E-state index contributed by atoms with van der Waals surface area (Å²) in [7, 11) is 0. The van der Waals surface area contributed by atoms with E-state index >= 15 is 0 Å². The Hall–Kier alpha value is -1.58. The van der Waals surface area contributed by atoms with Crippen LogP contribution in [0.15, 0.2) is 42.5 Å². The number of aryl methyl sites for hydroxylation is 1. The predicted octanol–water partition coefficient (Wildman–Crippen LogP) is 4.90. The molecule has 1 heterocycles. The molecule has 1 aromatic heterocycles. The molecule has 0 saturated heterocycles. The molecule has 0 amide bonds. The first-order valence-corrected chi connectivity index (χ1v) is 6.98.